The minimum Gasteiger partial charge on any atom is -0.507 e. The van der Waals surface area contributed by atoms with E-state index >= 15 is 0 Å². The second-order valence-electron chi connectivity index (χ2n) is 5.62. The molecule has 0 aliphatic heterocycles. The van der Waals surface area contributed by atoms with Gasteiger partial charge in [0.05, 0.1) is 20.6 Å². The molecule has 0 saturated carbocycles. The van der Waals surface area contributed by atoms with Gasteiger partial charge in [-0.05, 0) is 30.3 Å². The number of phenolic OH excluding ortho intramolecular Hbond substituents is 1. The molecule has 0 bridgehead atoms. The second-order valence-corrected chi connectivity index (χ2v) is 9.43. The summed E-state index contributed by atoms with van der Waals surface area (Å²) in [7, 11) is 0. The number of hydrogen-bond acceptors (Lipinski definition) is 4. The molecule has 11 heteroatoms. The number of carbonyl (C=O) groups excluding carboxylic acids is 1. The second kappa shape index (κ2) is 11.0. The van der Waals surface area contributed by atoms with Crippen LogP contribution in [-0.4, -0.2) is 20.8 Å². The van der Waals surface area contributed by atoms with Crippen LogP contribution in [-0.2, 0) is 11.8 Å². The lowest BCUT2D eigenvalue weighted by molar-refractivity contribution is 0.102. The maximum atomic E-state index is 11.8. The highest BCUT2D eigenvalue weighted by molar-refractivity contribution is 8.06. The molecule has 30 heavy (non-hydrogen) atoms. The van der Waals surface area contributed by atoms with E-state index in [0.29, 0.717) is 5.69 Å². The summed E-state index contributed by atoms with van der Waals surface area (Å²) in [5.74, 6) is -0.338. The Morgan fingerprint density at radius 1 is 0.900 bits per heavy atom. The van der Waals surface area contributed by atoms with Crippen LogP contribution in [0.4, 0.5) is 5.69 Å². The van der Waals surface area contributed by atoms with Crippen molar-refractivity contribution in [3.05, 3.63) is 87.4 Å². The summed E-state index contributed by atoms with van der Waals surface area (Å²) in [6, 6.07) is 18.2. The molecule has 0 spiro atoms. The third-order valence-electron chi connectivity index (χ3n) is 3.37. The van der Waals surface area contributed by atoms with Crippen LogP contribution in [0, 0.1) is 0 Å². The molecule has 3 rings (SSSR count). The topological polar surface area (TPSA) is 99.0 Å². The Balaban J connectivity index is 0.000000216. The Morgan fingerprint density at radius 3 is 2.07 bits per heavy atom. The summed E-state index contributed by atoms with van der Waals surface area (Å²) in [4.78, 5) is 29.5. The first-order chi connectivity index (χ1) is 14.1. The summed E-state index contributed by atoms with van der Waals surface area (Å²) in [5, 5.41) is 12.7. The zero-order chi connectivity index (χ0) is 22.3. The van der Waals surface area contributed by atoms with Crippen LogP contribution in [0.5, 0.6) is 11.5 Å². The van der Waals surface area contributed by atoms with Gasteiger partial charge in [0.15, 0.2) is 0 Å². The zero-order valence-corrected chi connectivity index (χ0v) is 19.0. The molecule has 0 heterocycles. The molecular weight excluding hydrogens is 492 g/mol. The van der Waals surface area contributed by atoms with Crippen molar-refractivity contribution in [2.45, 2.75) is 0 Å². The van der Waals surface area contributed by atoms with Crippen molar-refractivity contribution in [2.75, 3.05) is 5.32 Å². The summed E-state index contributed by atoms with van der Waals surface area (Å²) in [6.45, 7) is -3.80. The Morgan fingerprint density at radius 2 is 1.47 bits per heavy atom. The molecule has 0 unspecified atom stereocenters. The number of nitrogens with one attached hydrogen (secondary N) is 1. The molecule has 3 aromatic carbocycles. The molecule has 0 radical (unpaired) electrons. The van der Waals surface area contributed by atoms with Crippen molar-refractivity contribution in [1.82, 2.24) is 0 Å². The van der Waals surface area contributed by atoms with Crippen molar-refractivity contribution < 1.29 is 24.2 Å². The molecule has 1 amide bonds. The fourth-order valence-electron chi connectivity index (χ4n) is 2.09. The van der Waals surface area contributed by atoms with Gasteiger partial charge in [0.2, 0.25) is 0 Å². The molecule has 158 valence electrons. The van der Waals surface area contributed by atoms with E-state index in [2.05, 4.69) is 21.6 Å². The Bertz CT molecular complexity index is 1080. The van der Waals surface area contributed by atoms with Crippen LogP contribution in [0.3, 0.4) is 0 Å². The minimum absolute atomic E-state index is 0.00519. The van der Waals surface area contributed by atoms with Gasteiger partial charge in [0, 0.05) is 23.6 Å². The van der Waals surface area contributed by atoms with Gasteiger partial charge in [0.1, 0.15) is 11.5 Å². The van der Waals surface area contributed by atoms with Crippen molar-refractivity contribution in [3.8, 4) is 11.5 Å². The number of amides is 1. The maximum Gasteiger partial charge on any atom is 0.375 e. The van der Waals surface area contributed by atoms with E-state index in [4.69, 9.17) is 44.6 Å². The molecule has 3 aromatic rings. The monoisotopic (exact) mass is 505 g/mol. The van der Waals surface area contributed by atoms with E-state index in [1.165, 1.54) is 18.2 Å². The van der Waals surface area contributed by atoms with Gasteiger partial charge >= 0.3 is 6.72 Å². The number of rotatable bonds is 4. The highest BCUT2D eigenvalue weighted by atomic mass is 35.5. The predicted octanol–water partition coefficient (Wildman–Crippen LogP) is 5.88. The zero-order valence-electron chi connectivity index (χ0n) is 15.0. The fraction of sp³-hybridized carbons (Fsp3) is 0. The van der Waals surface area contributed by atoms with Crippen molar-refractivity contribution in [1.29, 1.82) is 0 Å². The fourth-order valence-corrected chi connectivity index (χ4v) is 3.37. The van der Waals surface area contributed by atoms with Crippen LogP contribution in [0.15, 0.2) is 66.7 Å². The lowest BCUT2D eigenvalue weighted by Crippen LogP contribution is -2.11. The standard InChI is InChI=1S/C13H11NO2.C6H4Cl3O3PS/c15-12-9-5-4-8-11(12)13(16)14-10-6-2-1-3-7-10;7-3-1-5(9)6(2-4(3)8)12-13(10,11)14/h1-9,15H,(H,14,16);1-2H,(H2,10,11,14). The summed E-state index contributed by atoms with van der Waals surface area (Å²) < 4.78 is 4.63. The van der Waals surface area contributed by atoms with Gasteiger partial charge in [-0.25, -0.2) is 0 Å². The molecule has 0 atom stereocenters. The minimum atomic E-state index is -3.80. The first kappa shape index (κ1) is 24.4. The normalized spacial score (nSPS) is 10.6. The molecule has 0 saturated heterocycles. The van der Waals surface area contributed by atoms with E-state index < -0.39 is 6.72 Å². The maximum absolute atomic E-state index is 11.8. The van der Waals surface area contributed by atoms with Gasteiger partial charge in [-0.15, -0.1) is 0 Å². The van der Waals surface area contributed by atoms with E-state index in [9.17, 15) is 9.90 Å². The van der Waals surface area contributed by atoms with Crippen LogP contribution >= 0.6 is 41.5 Å². The SMILES string of the molecule is O=C(Nc1ccccc1)c1ccccc1O.OP(O)(=S)Oc1cc(Cl)c(Cl)cc1Cl. The average Bonchev–Trinajstić information content (AvgIpc) is 2.67. The van der Waals surface area contributed by atoms with Gasteiger partial charge in [-0.3, -0.25) is 4.79 Å². The van der Waals surface area contributed by atoms with E-state index in [1.807, 2.05) is 18.2 Å². The first-order valence-corrected chi connectivity index (χ1v) is 11.9. The lowest BCUT2D eigenvalue weighted by Gasteiger charge is -2.11. The number of anilines is 1. The first-order valence-electron chi connectivity index (χ1n) is 8.11. The van der Waals surface area contributed by atoms with E-state index in [0.717, 1.165) is 0 Å². The number of para-hydroxylation sites is 2. The van der Waals surface area contributed by atoms with E-state index in [1.54, 1.807) is 30.3 Å². The third-order valence-corrected chi connectivity index (χ3v) is 5.05. The Hall–Kier alpha value is -1.83. The van der Waals surface area contributed by atoms with Crippen LogP contribution < -0.4 is 9.84 Å². The Kier molecular flexibility index (Phi) is 8.94. The molecule has 0 aromatic heterocycles. The number of phenols is 1. The molecule has 4 N–H and O–H groups in total. The molecule has 0 aliphatic rings. The number of carbonyl (C=O) groups is 1. The Labute approximate surface area is 192 Å². The number of benzene rings is 3. The van der Waals surface area contributed by atoms with E-state index in [-0.39, 0.29) is 38.0 Å². The average molecular weight is 507 g/mol. The molecule has 6 nitrogen and oxygen atoms in total. The lowest BCUT2D eigenvalue weighted by atomic mass is 10.2. The quantitative estimate of drug-likeness (QED) is 0.261. The largest absolute Gasteiger partial charge is 0.507 e. The van der Waals surface area contributed by atoms with Gasteiger partial charge in [0.25, 0.3) is 5.91 Å². The molecular formula is C19H15Cl3NO5PS. The van der Waals surface area contributed by atoms with Crippen molar-refractivity contribution in [3.63, 3.8) is 0 Å². The number of hydrogen-bond donors (Lipinski definition) is 4. The van der Waals surface area contributed by atoms with Gasteiger partial charge in [-0.2, -0.15) is 0 Å². The smallest absolute Gasteiger partial charge is 0.375 e. The number of halogens is 3. The van der Waals surface area contributed by atoms with Crippen molar-refractivity contribution >= 4 is 64.9 Å². The van der Waals surface area contributed by atoms with Gasteiger partial charge in [-0.1, -0.05) is 65.1 Å². The molecule has 0 fully saturated rings. The summed E-state index contributed by atoms with van der Waals surface area (Å²) >= 11 is 21.3. The van der Waals surface area contributed by atoms with Crippen LogP contribution in [0.25, 0.3) is 0 Å². The summed E-state index contributed by atoms with van der Waals surface area (Å²) in [5.41, 5.74) is 0.974. The van der Waals surface area contributed by atoms with Crippen LogP contribution in [0.2, 0.25) is 15.1 Å². The third kappa shape index (κ3) is 7.78. The highest BCUT2D eigenvalue weighted by Crippen LogP contribution is 2.43. The predicted molar refractivity (Wildman–Crippen MR) is 123 cm³/mol. The van der Waals surface area contributed by atoms with Crippen LogP contribution in [0.1, 0.15) is 10.4 Å². The van der Waals surface area contributed by atoms with Gasteiger partial charge < -0.3 is 24.7 Å². The van der Waals surface area contributed by atoms with Crippen molar-refractivity contribution in [2.24, 2.45) is 0 Å². The summed E-state index contributed by atoms with van der Waals surface area (Å²) in [6.07, 6.45) is 0. The number of aromatic hydroxyl groups is 1. The highest BCUT2D eigenvalue weighted by Gasteiger charge is 2.15. The molecule has 0 aliphatic carbocycles.